The Hall–Kier alpha value is -2.08. The molecular formula is C21H24Cl2N2O3. The summed E-state index contributed by atoms with van der Waals surface area (Å²) in [5.41, 5.74) is 1.56. The molecule has 1 fully saturated rings. The number of benzene rings is 2. The van der Waals surface area contributed by atoms with Crippen molar-refractivity contribution in [2.24, 2.45) is 0 Å². The lowest BCUT2D eigenvalue weighted by Gasteiger charge is -2.38. The first-order valence-corrected chi connectivity index (χ1v) is 9.38. The molecule has 0 aliphatic carbocycles. The zero-order chi connectivity index (χ0) is 19.4. The number of carbonyl (C=O) groups is 2. The van der Waals surface area contributed by atoms with Gasteiger partial charge in [0.25, 0.3) is 5.91 Å². The number of nitrogens with zero attached hydrogens (tertiary/aromatic N) is 1. The zero-order valence-electron chi connectivity index (χ0n) is 15.9. The van der Waals surface area contributed by atoms with Crippen LogP contribution in [0.15, 0.2) is 48.5 Å². The van der Waals surface area contributed by atoms with Crippen LogP contribution >= 0.6 is 24.0 Å². The average Bonchev–Trinajstić information content (AvgIpc) is 2.67. The number of hydrogen-bond donors (Lipinski definition) is 1. The maximum Gasteiger partial charge on any atom is 0.263 e. The van der Waals surface area contributed by atoms with E-state index in [-0.39, 0.29) is 30.1 Å². The Morgan fingerprint density at radius 1 is 1.21 bits per heavy atom. The number of amides is 1. The Labute approximate surface area is 176 Å². The number of ether oxygens (including phenoxy) is 1. The fourth-order valence-corrected chi connectivity index (χ4v) is 3.45. The molecule has 2 aromatic rings. The number of piperazine rings is 1. The van der Waals surface area contributed by atoms with Gasteiger partial charge in [0.15, 0.2) is 11.9 Å². The Bertz CT molecular complexity index is 844. The second-order valence-electron chi connectivity index (χ2n) is 6.65. The van der Waals surface area contributed by atoms with Crippen molar-refractivity contribution in [1.82, 2.24) is 10.2 Å². The van der Waals surface area contributed by atoms with Crippen molar-refractivity contribution in [3.8, 4) is 5.75 Å². The Morgan fingerprint density at radius 2 is 1.96 bits per heavy atom. The predicted molar refractivity (Wildman–Crippen MR) is 113 cm³/mol. The van der Waals surface area contributed by atoms with E-state index in [1.807, 2.05) is 29.2 Å². The van der Waals surface area contributed by atoms with Crippen LogP contribution in [-0.2, 0) is 4.79 Å². The lowest BCUT2D eigenvalue weighted by Crippen LogP contribution is -2.52. The second-order valence-corrected chi connectivity index (χ2v) is 7.09. The van der Waals surface area contributed by atoms with Crippen molar-refractivity contribution in [1.29, 1.82) is 0 Å². The molecule has 2 unspecified atom stereocenters. The number of rotatable bonds is 5. The van der Waals surface area contributed by atoms with Crippen LogP contribution in [0.1, 0.15) is 35.8 Å². The van der Waals surface area contributed by atoms with Gasteiger partial charge in [0, 0.05) is 30.2 Å². The number of ketones is 1. The molecule has 0 saturated carbocycles. The third kappa shape index (κ3) is 5.25. The number of carbonyl (C=O) groups excluding carboxylic acids is 2. The van der Waals surface area contributed by atoms with Gasteiger partial charge in [-0.25, -0.2) is 0 Å². The lowest BCUT2D eigenvalue weighted by molar-refractivity contribution is -0.141. The first kappa shape index (κ1) is 22.2. The van der Waals surface area contributed by atoms with Gasteiger partial charge >= 0.3 is 0 Å². The predicted octanol–water partition coefficient (Wildman–Crippen LogP) is 3.90. The monoisotopic (exact) mass is 422 g/mol. The number of nitrogens with one attached hydrogen (secondary N) is 1. The third-order valence-corrected chi connectivity index (χ3v) is 4.90. The van der Waals surface area contributed by atoms with E-state index in [1.54, 1.807) is 31.2 Å². The molecule has 2 atom stereocenters. The topological polar surface area (TPSA) is 58.6 Å². The normalized spacial score (nSPS) is 17.4. The molecule has 7 heteroatoms. The Kier molecular flexibility index (Phi) is 7.87. The van der Waals surface area contributed by atoms with E-state index in [1.165, 1.54) is 6.92 Å². The van der Waals surface area contributed by atoms with E-state index >= 15 is 0 Å². The minimum atomic E-state index is -0.660. The molecule has 5 nitrogen and oxygen atoms in total. The molecule has 0 spiro atoms. The van der Waals surface area contributed by atoms with Crippen LogP contribution < -0.4 is 10.1 Å². The van der Waals surface area contributed by atoms with Crippen molar-refractivity contribution in [2.45, 2.75) is 26.0 Å². The van der Waals surface area contributed by atoms with Gasteiger partial charge in [0.1, 0.15) is 5.75 Å². The van der Waals surface area contributed by atoms with E-state index in [4.69, 9.17) is 16.3 Å². The molecule has 1 heterocycles. The SMILES string of the molecule is CC(=O)c1cccc(OC(C)C(=O)N2CCNCC2c2cccc(Cl)c2)c1.Cl. The van der Waals surface area contributed by atoms with Crippen LogP contribution in [-0.4, -0.2) is 42.3 Å². The van der Waals surface area contributed by atoms with Crippen LogP contribution in [0.4, 0.5) is 0 Å². The first-order chi connectivity index (χ1) is 13.0. The van der Waals surface area contributed by atoms with E-state index < -0.39 is 6.10 Å². The molecular weight excluding hydrogens is 399 g/mol. The van der Waals surface area contributed by atoms with E-state index in [2.05, 4.69) is 5.32 Å². The Morgan fingerprint density at radius 3 is 2.68 bits per heavy atom. The van der Waals surface area contributed by atoms with Gasteiger partial charge < -0.3 is 15.0 Å². The smallest absolute Gasteiger partial charge is 0.263 e. The maximum atomic E-state index is 13.1. The summed E-state index contributed by atoms with van der Waals surface area (Å²) in [6.07, 6.45) is -0.660. The number of Topliss-reactive ketones (excluding diaryl/α,β-unsaturated/α-hetero) is 1. The summed E-state index contributed by atoms with van der Waals surface area (Å²) in [5, 5.41) is 3.98. The van der Waals surface area contributed by atoms with Crippen molar-refractivity contribution in [3.63, 3.8) is 0 Å². The van der Waals surface area contributed by atoms with Crippen molar-refractivity contribution < 1.29 is 14.3 Å². The highest BCUT2D eigenvalue weighted by Crippen LogP contribution is 2.26. The maximum absolute atomic E-state index is 13.1. The highest BCUT2D eigenvalue weighted by atomic mass is 35.5. The largest absolute Gasteiger partial charge is 0.481 e. The van der Waals surface area contributed by atoms with Crippen LogP contribution in [0.5, 0.6) is 5.75 Å². The van der Waals surface area contributed by atoms with Gasteiger partial charge in [0.2, 0.25) is 0 Å². The third-order valence-electron chi connectivity index (χ3n) is 4.66. The van der Waals surface area contributed by atoms with Gasteiger partial charge in [-0.3, -0.25) is 9.59 Å². The van der Waals surface area contributed by atoms with Crippen LogP contribution in [0, 0.1) is 0 Å². The molecule has 150 valence electrons. The van der Waals surface area contributed by atoms with Crippen LogP contribution in [0.25, 0.3) is 0 Å². The standard InChI is InChI=1S/C21H23ClN2O3.ClH/c1-14(25)16-5-4-8-19(12-16)27-15(2)21(26)24-10-9-23-13-20(24)17-6-3-7-18(22)11-17;/h3-8,11-12,15,20,23H,9-10,13H2,1-2H3;1H. The molecule has 1 N–H and O–H groups in total. The van der Waals surface area contributed by atoms with Gasteiger partial charge in [0.05, 0.1) is 6.04 Å². The molecule has 0 radical (unpaired) electrons. The van der Waals surface area contributed by atoms with Crippen molar-refractivity contribution in [2.75, 3.05) is 19.6 Å². The Balaban J connectivity index is 0.00000280. The molecule has 0 bridgehead atoms. The van der Waals surface area contributed by atoms with E-state index in [0.29, 0.717) is 29.4 Å². The minimum absolute atomic E-state index is 0. The fraction of sp³-hybridized carbons (Fsp3) is 0.333. The van der Waals surface area contributed by atoms with Crippen LogP contribution in [0.2, 0.25) is 5.02 Å². The molecule has 2 aromatic carbocycles. The number of hydrogen-bond acceptors (Lipinski definition) is 4. The highest BCUT2D eigenvalue weighted by Gasteiger charge is 2.31. The highest BCUT2D eigenvalue weighted by molar-refractivity contribution is 6.30. The molecule has 1 aliphatic rings. The van der Waals surface area contributed by atoms with E-state index in [0.717, 1.165) is 12.1 Å². The summed E-state index contributed by atoms with van der Waals surface area (Å²) in [6.45, 7) is 5.23. The van der Waals surface area contributed by atoms with Crippen molar-refractivity contribution in [3.05, 3.63) is 64.7 Å². The molecule has 1 aliphatic heterocycles. The second kappa shape index (κ2) is 9.92. The van der Waals surface area contributed by atoms with Crippen molar-refractivity contribution >= 4 is 35.7 Å². The summed E-state index contributed by atoms with van der Waals surface area (Å²) in [6, 6.07) is 14.4. The lowest BCUT2D eigenvalue weighted by atomic mass is 10.0. The summed E-state index contributed by atoms with van der Waals surface area (Å²) in [5.74, 6) is 0.384. The van der Waals surface area contributed by atoms with E-state index in [9.17, 15) is 9.59 Å². The minimum Gasteiger partial charge on any atom is -0.481 e. The molecule has 3 rings (SSSR count). The summed E-state index contributed by atoms with van der Waals surface area (Å²) in [4.78, 5) is 26.4. The molecule has 0 aromatic heterocycles. The summed E-state index contributed by atoms with van der Waals surface area (Å²) >= 11 is 6.13. The zero-order valence-corrected chi connectivity index (χ0v) is 17.4. The van der Waals surface area contributed by atoms with Gasteiger partial charge in [-0.1, -0.05) is 35.9 Å². The van der Waals surface area contributed by atoms with Crippen LogP contribution in [0.3, 0.4) is 0 Å². The van der Waals surface area contributed by atoms with Gasteiger partial charge in [-0.15, -0.1) is 12.4 Å². The first-order valence-electron chi connectivity index (χ1n) is 9.00. The fourth-order valence-electron chi connectivity index (χ4n) is 3.26. The number of halogens is 2. The quantitative estimate of drug-likeness (QED) is 0.742. The molecule has 28 heavy (non-hydrogen) atoms. The average molecular weight is 423 g/mol. The summed E-state index contributed by atoms with van der Waals surface area (Å²) < 4.78 is 5.84. The van der Waals surface area contributed by atoms with Gasteiger partial charge in [-0.2, -0.15) is 0 Å². The molecule has 1 saturated heterocycles. The molecule has 1 amide bonds. The summed E-state index contributed by atoms with van der Waals surface area (Å²) in [7, 11) is 0. The van der Waals surface area contributed by atoms with Gasteiger partial charge in [-0.05, 0) is 43.7 Å².